The highest BCUT2D eigenvalue weighted by molar-refractivity contribution is 5.64. The maximum atomic E-state index is 3.30. The molecule has 0 atom stereocenters. The Morgan fingerprint density at radius 1 is 1.58 bits per heavy atom. The van der Waals surface area contributed by atoms with E-state index in [9.17, 15) is 0 Å². The fraction of sp³-hybridized carbons (Fsp3) is 0.400. The quantitative estimate of drug-likeness (QED) is 0.706. The summed E-state index contributed by atoms with van der Waals surface area (Å²) in [5.74, 6) is 0. The summed E-state index contributed by atoms with van der Waals surface area (Å²) in [5.41, 5.74) is 3.55. The van der Waals surface area contributed by atoms with Crippen LogP contribution in [-0.2, 0) is 0 Å². The molecule has 0 unspecified atom stereocenters. The van der Waals surface area contributed by atoms with E-state index >= 15 is 0 Å². The van der Waals surface area contributed by atoms with Gasteiger partial charge in [0.1, 0.15) is 0 Å². The largest absolute Gasteiger partial charge is 0.384 e. The van der Waals surface area contributed by atoms with E-state index < -0.39 is 0 Å². The van der Waals surface area contributed by atoms with Crippen LogP contribution in [-0.4, -0.2) is 11.5 Å². The van der Waals surface area contributed by atoms with Crippen molar-refractivity contribution in [2.24, 2.45) is 0 Å². The third-order valence-electron chi connectivity index (χ3n) is 1.68. The first kappa shape index (κ1) is 8.91. The van der Waals surface area contributed by atoms with E-state index in [1.807, 2.05) is 13.0 Å². The number of anilines is 1. The lowest BCUT2D eigenvalue weighted by Crippen LogP contribution is -1.96. The fourth-order valence-electron chi connectivity index (χ4n) is 1.24. The van der Waals surface area contributed by atoms with Crippen molar-refractivity contribution in [3.05, 3.63) is 23.5 Å². The highest BCUT2D eigenvalue weighted by Crippen LogP contribution is 2.17. The maximum absolute atomic E-state index is 3.30. The Bertz CT molecular complexity index is 271. The van der Waals surface area contributed by atoms with Gasteiger partial charge >= 0.3 is 0 Å². The smallest absolute Gasteiger partial charge is 0.0614 e. The molecular weight excluding hydrogens is 148 g/mol. The molecule has 2 N–H and O–H groups in total. The van der Waals surface area contributed by atoms with Crippen molar-refractivity contribution < 1.29 is 0 Å². The van der Waals surface area contributed by atoms with Crippen LogP contribution in [0.1, 0.15) is 25.2 Å². The molecule has 1 aromatic rings. The summed E-state index contributed by atoms with van der Waals surface area (Å²) in [7, 11) is 0. The second-order valence-electron chi connectivity index (χ2n) is 2.81. The van der Waals surface area contributed by atoms with Crippen LogP contribution in [0.2, 0.25) is 0 Å². The first-order valence-electron chi connectivity index (χ1n) is 4.34. The fourth-order valence-corrected chi connectivity index (χ4v) is 1.24. The van der Waals surface area contributed by atoms with Gasteiger partial charge in [-0.15, -0.1) is 0 Å². The molecule has 2 nitrogen and oxygen atoms in total. The molecule has 0 amide bonds. The first-order chi connectivity index (χ1) is 5.77. The van der Waals surface area contributed by atoms with Gasteiger partial charge < -0.3 is 10.3 Å². The average Bonchev–Trinajstić information content (AvgIpc) is 2.33. The third-order valence-corrected chi connectivity index (χ3v) is 1.68. The molecule has 0 aromatic carbocycles. The van der Waals surface area contributed by atoms with E-state index in [-0.39, 0.29) is 0 Å². The van der Waals surface area contributed by atoms with Crippen molar-refractivity contribution in [3.8, 4) is 0 Å². The van der Waals surface area contributed by atoms with Crippen LogP contribution < -0.4 is 5.32 Å². The third kappa shape index (κ3) is 1.91. The normalized spacial score (nSPS) is 10.9. The zero-order chi connectivity index (χ0) is 8.97. The summed E-state index contributed by atoms with van der Waals surface area (Å²) < 4.78 is 0. The molecule has 0 saturated carbocycles. The Labute approximate surface area is 73.7 Å². The number of aryl methyl sites for hydroxylation is 1. The molecular formula is C10H16N2. The van der Waals surface area contributed by atoms with Gasteiger partial charge in [0.05, 0.1) is 11.4 Å². The Morgan fingerprint density at radius 3 is 2.92 bits per heavy atom. The maximum Gasteiger partial charge on any atom is 0.0614 e. The summed E-state index contributed by atoms with van der Waals surface area (Å²) in [5, 5.41) is 3.30. The zero-order valence-electron chi connectivity index (χ0n) is 7.94. The Morgan fingerprint density at radius 2 is 2.33 bits per heavy atom. The minimum Gasteiger partial charge on any atom is -0.384 e. The van der Waals surface area contributed by atoms with E-state index in [4.69, 9.17) is 0 Å². The van der Waals surface area contributed by atoms with Gasteiger partial charge in [-0.1, -0.05) is 6.08 Å². The monoisotopic (exact) mass is 164 g/mol. The Kier molecular flexibility index (Phi) is 2.97. The molecule has 0 aliphatic carbocycles. The van der Waals surface area contributed by atoms with Crippen LogP contribution in [0.4, 0.5) is 5.69 Å². The van der Waals surface area contributed by atoms with Crippen molar-refractivity contribution in [3.63, 3.8) is 0 Å². The lowest BCUT2D eigenvalue weighted by Gasteiger charge is -1.99. The summed E-state index contributed by atoms with van der Waals surface area (Å²) in [4.78, 5) is 3.28. The predicted molar refractivity (Wildman–Crippen MR) is 54.4 cm³/mol. The summed E-state index contributed by atoms with van der Waals surface area (Å²) >= 11 is 0. The van der Waals surface area contributed by atoms with E-state index in [0.29, 0.717) is 0 Å². The van der Waals surface area contributed by atoms with Crippen LogP contribution in [0.15, 0.2) is 12.1 Å². The van der Waals surface area contributed by atoms with E-state index in [2.05, 4.69) is 36.3 Å². The van der Waals surface area contributed by atoms with Crippen molar-refractivity contribution in [2.45, 2.75) is 20.8 Å². The second-order valence-corrected chi connectivity index (χ2v) is 2.81. The van der Waals surface area contributed by atoms with E-state index in [1.54, 1.807) is 0 Å². The molecule has 0 aliphatic rings. The van der Waals surface area contributed by atoms with Crippen molar-refractivity contribution in [1.82, 2.24) is 4.98 Å². The van der Waals surface area contributed by atoms with Gasteiger partial charge in [-0.25, -0.2) is 0 Å². The van der Waals surface area contributed by atoms with Gasteiger partial charge in [-0.2, -0.15) is 0 Å². The van der Waals surface area contributed by atoms with Crippen molar-refractivity contribution >= 4 is 11.8 Å². The molecule has 0 aliphatic heterocycles. The molecule has 2 heteroatoms. The van der Waals surface area contributed by atoms with Crippen LogP contribution in [0, 0.1) is 6.92 Å². The number of aromatic amines is 1. The minimum atomic E-state index is 0.960. The SMILES string of the molecule is C/C=C\c1[nH]c(C)cc1NCC. The summed E-state index contributed by atoms with van der Waals surface area (Å²) in [6.07, 6.45) is 4.11. The van der Waals surface area contributed by atoms with Crippen LogP contribution in [0.5, 0.6) is 0 Å². The standard InChI is InChI=1S/C10H16N2/c1-4-6-9-10(11-5-2)7-8(3)12-9/h4,6-7,11-12H,5H2,1-3H3/b6-4-. The number of nitrogens with one attached hydrogen (secondary N) is 2. The van der Waals surface area contributed by atoms with Gasteiger partial charge in [0.2, 0.25) is 0 Å². The number of allylic oxidation sites excluding steroid dienone is 1. The van der Waals surface area contributed by atoms with Crippen LogP contribution in [0.25, 0.3) is 6.08 Å². The predicted octanol–water partition coefficient (Wildman–Crippen LogP) is 2.79. The Hall–Kier alpha value is -1.18. The molecule has 0 fully saturated rings. The van der Waals surface area contributed by atoms with Crippen molar-refractivity contribution in [1.29, 1.82) is 0 Å². The number of H-pyrrole nitrogens is 1. The topological polar surface area (TPSA) is 27.8 Å². The lowest BCUT2D eigenvalue weighted by atomic mass is 10.3. The highest BCUT2D eigenvalue weighted by Gasteiger charge is 2.00. The van der Waals surface area contributed by atoms with Gasteiger partial charge in [0, 0.05) is 12.2 Å². The molecule has 0 spiro atoms. The number of rotatable bonds is 3. The number of hydrogen-bond acceptors (Lipinski definition) is 1. The molecule has 1 aromatic heterocycles. The van der Waals surface area contributed by atoms with Crippen LogP contribution >= 0.6 is 0 Å². The first-order valence-corrected chi connectivity index (χ1v) is 4.34. The number of hydrogen-bond donors (Lipinski definition) is 2. The lowest BCUT2D eigenvalue weighted by molar-refractivity contribution is 1.20. The second kappa shape index (κ2) is 4.00. The summed E-state index contributed by atoms with van der Waals surface area (Å²) in [6, 6.07) is 2.12. The molecule has 1 heterocycles. The molecule has 0 radical (unpaired) electrons. The molecule has 0 saturated heterocycles. The van der Waals surface area contributed by atoms with Gasteiger partial charge in [-0.05, 0) is 32.9 Å². The Balaban J connectivity index is 2.91. The zero-order valence-corrected chi connectivity index (χ0v) is 7.94. The average molecular weight is 164 g/mol. The van der Waals surface area contributed by atoms with E-state index in [0.717, 1.165) is 12.2 Å². The van der Waals surface area contributed by atoms with E-state index in [1.165, 1.54) is 11.4 Å². The van der Waals surface area contributed by atoms with Gasteiger partial charge in [0.15, 0.2) is 0 Å². The van der Waals surface area contributed by atoms with Gasteiger partial charge in [-0.3, -0.25) is 0 Å². The molecule has 0 bridgehead atoms. The van der Waals surface area contributed by atoms with Gasteiger partial charge in [0.25, 0.3) is 0 Å². The molecule has 66 valence electrons. The molecule has 1 rings (SSSR count). The van der Waals surface area contributed by atoms with Crippen molar-refractivity contribution in [2.75, 3.05) is 11.9 Å². The minimum absolute atomic E-state index is 0.960. The number of aromatic nitrogens is 1. The molecule has 12 heavy (non-hydrogen) atoms. The van der Waals surface area contributed by atoms with Crippen LogP contribution in [0.3, 0.4) is 0 Å². The summed E-state index contributed by atoms with van der Waals surface area (Å²) in [6.45, 7) is 7.14. The highest BCUT2D eigenvalue weighted by atomic mass is 14.9.